The van der Waals surface area contributed by atoms with Crippen LogP contribution >= 0.6 is 11.3 Å². The van der Waals surface area contributed by atoms with Crippen LogP contribution in [0.25, 0.3) is 0 Å². The monoisotopic (exact) mass is 279 g/mol. The molecule has 1 aliphatic heterocycles. The van der Waals surface area contributed by atoms with Crippen molar-refractivity contribution in [3.05, 3.63) is 21.4 Å². The molecule has 0 saturated heterocycles. The van der Waals surface area contributed by atoms with Gasteiger partial charge in [-0.15, -0.1) is 11.3 Å². The Labute approximate surface area is 118 Å². The van der Waals surface area contributed by atoms with E-state index in [4.69, 9.17) is 0 Å². The van der Waals surface area contributed by atoms with Crippen molar-refractivity contribution in [2.45, 2.75) is 52.4 Å². The van der Waals surface area contributed by atoms with Crippen molar-refractivity contribution in [3.8, 4) is 0 Å². The lowest BCUT2D eigenvalue weighted by Crippen LogP contribution is -2.30. The smallest absolute Gasteiger partial charge is 0.271 e. The molecule has 1 aliphatic rings. The molecule has 0 saturated carbocycles. The van der Waals surface area contributed by atoms with Gasteiger partial charge in [-0.05, 0) is 19.4 Å². The molecule has 0 atom stereocenters. The highest BCUT2D eigenvalue weighted by atomic mass is 32.1. The van der Waals surface area contributed by atoms with Gasteiger partial charge in [-0.3, -0.25) is 14.5 Å². The zero-order valence-corrected chi connectivity index (χ0v) is 12.5. The number of carbonyl (C=O) groups is 2. The molecule has 0 spiro atoms. The number of unbranched alkanes of at least 4 members (excludes halogenated alkanes) is 5. The SMILES string of the molecule is CCCCCCCCN1C(=O)c2cc(C)sc2C1=O. The standard InChI is InChI=1S/C15H21NO2S/c1-3-4-5-6-7-8-9-16-14(17)12-10-11(2)19-13(12)15(16)18/h10H,3-9H2,1-2H3. The molecule has 0 bridgehead atoms. The predicted molar refractivity (Wildman–Crippen MR) is 77.8 cm³/mol. The van der Waals surface area contributed by atoms with Crippen molar-refractivity contribution in [3.63, 3.8) is 0 Å². The van der Waals surface area contributed by atoms with Crippen LogP contribution in [0, 0.1) is 6.92 Å². The van der Waals surface area contributed by atoms with Crippen LogP contribution in [0.2, 0.25) is 0 Å². The summed E-state index contributed by atoms with van der Waals surface area (Å²) in [7, 11) is 0. The Balaban J connectivity index is 1.82. The zero-order chi connectivity index (χ0) is 13.8. The first-order chi connectivity index (χ1) is 9.15. The van der Waals surface area contributed by atoms with Crippen molar-refractivity contribution in [2.24, 2.45) is 0 Å². The van der Waals surface area contributed by atoms with Crippen LogP contribution < -0.4 is 0 Å². The molecular formula is C15H21NO2S. The summed E-state index contributed by atoms with van der Waals surface area (Å²) in [5.74, 6) is -0.190. The van der Waals surface area contributed by atoms with Gasteiger partial charge in [0.2, 0.25) is 0 Å². The molecule has 2 amide bonds. The topological polar surface area (TPSA) is 37.4 Å². The number of fused-ring (bicyclic) bond motifs is 1. The lowest BCUT2D eigenvalue weighted by molar-refractivity contribution is 0.0652. The summed E-state index contributed by atoms with van der Waals surface area (Å²) in [6.45, 7) is 4.70. The van der Waals surface area contributed by atoms with E-state index in [-0.39, 0.29) is 11.8 Å². The number of amides is 2. The maximum absolute atomic E-state index is 12.1. The van der Waals surface area contributed by atoms with Crippen LogP contribution in [0.3, 0.4) is 0 Å². The minimum Gasteiger partial charge on any atom is -0.274 e. The first-order valence-electron chi connectivity index (χ1n) is 7.11. The van der Waals surface area contributed by atoms with Gasteiger partial charge in [-0.2, -0.15) is 0 Å². The van der Waals surface area contributed by atoms with Crippen LogP contribution in [0.4, 0.5) is 0 Å². The van der Waals surface area contributed by atoms with E-state index < -0.39 is 0 Å². The number of carbonyl (C=O) groups excluding carboxylic acids is 2. The van der Waals surface area contributed by atoms with E-state index in [9.17, 15) is 9.59 Å². The molecule has 0 aliphatic carbocycles. The fourth-order valence-electron chi connectivity index (χ4n) is 2.45. The third kappa shape index (κ3) is 3.06. The summed E-state index contributed by atoms with van der Waals surface area (Å²) in [4.78, 5) is 27.3. The summed E-state index contributed by atoms with van der Waals surface area (Å²) in [6, 6.07) is 1.83. The van der Waals surface area contributed by atoms with Gasteiger partial charge >= 0.3 is 0 Å². The van der Waals surface area contributed by atoms with Gasteiger partial charge in [0.15, 0.2) is 0 Å². The average molecular weight is 279 g/mol. The van der Waals surface area contributed by atoms with Crippen LogP contribution in [0.15, 0.2) is 6.07 Å². The van der Waals surface area contributed by atoms with Gasteiger partial charge < -0.3 is 0 Å². The summed E-state index contributed by atoms with van der Waals surface area (Å²) in [5, 5.41) is 0. The molecule has 3 nitrogen and oxygen atoms in total. The Morgan fingerprint density at radius 3 is 2.42 bits per heavy atom. The zero-order valence-electron chi connectivity index (χ0n) is 11.7. The van der Waals surface area contributed by atoms with Crippen molar-refractivity contribution >= 4 is 23.2 Å². The number of imide groups is 1. The molecule has 0 fully saturated rings. The van der Waals surface area contributed by atoms with Crippen molar-refractivity contribution in [1.29, 1.82) is 0 Å². The largest absolute Gasteiger partial charge is 0.274 e. The molecule has 4 heteroatoms. The van der Waals surface area contributed by atoms with E-state index in [1.54, 1.807) is 0 Å². The van der Waals surface area contributed by atoms with E-state index in [0.29, 0.717) is 17.0 Å². The van der Waals surface area contributed by atoms with Gasteiger partial charge in [0, 0.05) is 11.4 Å². The fraction of sp³-hybridized carbons (Fsp3) is 0.600. The number of hydrogen-bond acceptors (Lipinski definition) is 3. The van der Waals surface area contributed by atoms with Crippen molar-refractivity contribution in [2.75, 3.05) is 6.54 Å². The first kappa shape index (κ1) is 14.3. The minimum atomic E-state index is -0.0992. The van der Waals surface area contributed by atoms with Crippen LogP contribution in [-0.2, 0) is 0 Å². The lowest BCUT2D eigenvalue weighted by atomic mass is 10.1. The second kappa shape index (κ2) is 6.33. The van der Waals surface area contributed by atoms with Gasteiger partial charge in [0.05, 0.1) is 5.56 Å². The summed E-state index contributed by atoms with van der Waals surface area (Å²) in [5.41, 5.74) is 0.610. The maximum Gasteiger partial charge on any atom is 0.271 e. The second-order valence-corrected chi connectivity index (χ2v) is 6.39. The van der Waals surface area contributed by atoms with E-state index in [0.717, 1.165) is 17.7 Å². The highest BCUT2D eigenvalue weighted by Gasteiger charge is 2.36. The number of thiophene rings is 1. The van der Waals surface area contributed by atoms with Crippen molar-refractivity contribution in [1.82, 2.24) is 4.90 Å². The Morgan fingerprint density at radius 1 is 1.05 bits per heavy atom. The minimum absolute atomic E-state index is 0.0911. The molecule has 104 valence electrons. The average Bonchev–Trinajstić information content (AvgIpc) is 2.86. The molecule has 1 aromatic rings. The third-order valence-electron chi connectivity index (χ3n) is 3.51. The van der Waals surface area contributed by atoms with Crippen LogP contribution in [0.1, 0.15) is 70.4 Å². The first-order valence-corrected chi connectivity index (χ1v) is 7.93. The second-order valence-electron chi connectivity index (χ2n) is 5.13. The molecule has 0 aromatic carbocycles. The molecule has 2 heterocycles. The summed E-state index contributed by atoms with van der Waals surface area (Å²) < 4.78 is 0. The predicted octanol–water partition coefficient (Wildman–Crippen LogP) is 4.01. The summed E-state index contributed by atoms with van der Waals surface area (Å²) >= 11 is 1.43. The molecular weight excluding hydrogens is 258 g/mol. The Bertz CT molecular complexity index is 445. The highest BCUT2D eigenvalue weighted by Crippen LogP contribution is 2.30. The Hall–Kier alpha value is -1.16. The summed E-state index contributed by atoms with van der Waals surface area (Å²) in [6.07, 6.45) is 7.00. The molecule has 0 N–H and O–H groups in total. The van der Waals surface area contributed by atoms with Crippen molar-refractivity contribution < 1.29 is 9.59 Å². The molecule has 2 rings (SSSR count). The van der Waals surface area contributed by atoms with Crippen LogP contribution in [0.5, 0.6) is 0 Å². The normalized spacial score (nSPS) is 14.3. The number of rotatable bonds is 7. The van der Waals surface area contributed by atoms with Gasteiger partial charge in [-0.1, -0.05) is 39.0 Å². The fourth-order valence-corrected chi connectivity index (χ4v) is 3.40. The Kier molecular flexibility index (Phi) is 4.75. The van der Waals surface area contributed by atoms with Gasteiger partial charge in [-0.25, -0.2) is 0 Å². The van der Waals surface area contributed by atoms with E-state index in [2.05, 4.69) is 6.92 Å². The maximum atomic E-state index is 12.1. The number of aryl methyl sites for hydroxylation is 1. The molecule has 19 heavy (non-hydrogen) atoms. The van der Waals surface area contributed by atoms with E-state index >= 15 is 0 Å². The molecule has 0 radical (unpaired) electrons. The molecule has 0 unspecified atom stereocenters. The van der Waals surface area contributed by atoms with Crippen LogP contribution in [-0.4, -0.2) is 23.3 Å². The number of nitrogens with zero attached hydrogens (tertiary/aromatic N) is 1. The third-order valence-corrected chi connectivity index (χ3v) is 4.54. The molecule has 1 aromatic heterocycles. The Morgan fingerprint density at radius 2 is 1.74 bits per heavy atom. The highest BCUT2D eigenvalue weighted by molar-refractivity contribution is 7.14. The number of hydrogen-bond donors (Lipinski definition) is 0. The van der Waals surface area contributed by atoms with Gasteiger partial charge in [0.1, 0.15) is 4.88 Å². The quantitative estimate of drug-likeness (QED) is 0.558. The van der Waals surface area contributed by atoms with E-state index in [1.165, 1.54) is 41.9 Å². The van der Waals surface area contributed by atoms with E-state index in [1.807, 2.05) is 13.0 Å². The van der Waals surface area contributed by atoms with Gasteiger partial charge in [0.25, 0.3) is 11.8 Å². The lowest BCUT2D eigenvalue weighted by Gasteiger charge is -2.13.